The fourth-order valence-electron chi connectivity index (χ4n) is 2.03. The summed E-state index contributed by atoms with van der Waals surface area (Å²) in [5, 5.41) is 10.1. The normalized spacial score (nSPS) is 10.3. The first kappa shape index (κ1) is 13.6. The molecular formula is C16H16N2S. The number of nitrogens with zero attached hydrogens (tertiary/aromatic N) is 2. The van der Waals surface area contributed by atoms with Gasteiger partial charge in [-0.25, -0.2) is 4.98 Å². The third-order valence-corrected chi connectivity index (χ3v) is 4.13. The number of hydrogen-bond acceptors (Lipinski definition) is 3. The van der Waals surface area contributed by atoms with Crippen LogP contribution >= 0.6 is 11.8 Å². The summed E-state index contributed by atoms with van der Waals surface area (Å²) in [6, 6.07) is 10.5. The summed E-state index contributed by atoms with van der Waals surface area (Å²) >= 11 is 1.57. The van der Waals surface area contributed by atoms with Gasteiger partial charge in [-0.15, -0.1) is 0 Å². The summed E-state index contributed by atoms with van der Waals surface area (Å²) in [6.45, 7) is 8.08. The lowest BCUT2D eigenvalue weighted by Gasteiger charge is -2.09. The lowest BCUT2D eigenvalue weighted by atomic mass is 10.1. The minimum Gasteiger partial charge on any atom is -0.245 e. The Labute approximate surface area is 118 Å². The quantitative estimate of drug-likeness (QED) is 0.813. The molecule has 0 bridgehead atoms. The van der Waals surface area contributed by atoms with Crippen molar-refractivity contribution in [1.82, 2.24) is 4.98 Å². The standard InChI is InChI=1S/C16H16N2S/c1-10-5-6-15(12(3)7-10)19-16-14(9-17)11(2)8-13(4)18-16/h5-8H,1-4H3. The van der Waals surface area contributed by atoms with Gasteiger partial charge >= 0.3 is 0 Å². The predicted molar refractivity (Wildman–Crippen MR) is 78.5 cm³/mol. The second-order valence-corrected chi connectivity index (χ2v) is 5.77. The van der Waals surface area contributed by atoms with Gasteiger partial charge in [0.15, 0.2) is 0 Å². The molecule has 0 aliphatic rings. The third kappa shape index (κ3) is 2.97. The Hall–Kier alpha value is -1.79. The zero-order chi connectivity index (χ0) is 14.0. The van der Waals surface area contributed by atoms with Crippen molar-refractivity contribution in [2.75, 3.05) is 0 Å². The Balaban J connectivity index is 2.46. The third-order valence-electron chi connectivity index (χ3n) is 2.96. The van der Waals surface area contributed by atoms with Crippen LogP contribution in [0.1, 0.15) is 27.9 Å². The molecule has 0 aliphatic carbocycles. The Morgan fingerprint density at radius 2 is 1.79 bits per heavy atom. The zero-order valence-electron chi connectivity index (χ0n) is 11.6. The topological polar surface area (TPSA) is 36.7 Å². The molecule has 0 saturated heterocycles. The molecule has 96 valence electrons. The van der Waals surface area contributed by atoms with Gasteiger partial charge in [0.25, 0.3) is 0 Å². The lowest BCUT2D eigenvalue weighted by Crippen LogP contribution is -1.94. The molecule has 2 nitrogen and oxygen atoms in total. The molecule has 1 heterocycles. The second kappa shape index (κ2) is 5.46. The molecule has 0 aliphatic heterocycles. The Morgan fingerprint density at radius 3 is 2.42 bits per heavy atom. The molecule has 19 heavy (non-hydrogen) atoms. The molecule has 0 saturated carbocycles. The Morgan fingerprint density at radius 1 is 1.05 bits per heavy atom. The van der Waals surface area contributed by atoms with E-state index < -0.39 is 0 Å². The molecule has 2 rings (SSSR count). The second-order valence-electron chi connectivity index (χ2n) is 4.74. The summed E-state index contributed by atoms with van der Waals surface area (Å²) in [5.74, 6) is 0. The van der Waals surface area contributed by atoms with Crippen molar-refractivity contribution in [2.24, 2.45) is 0 Å². The number of aryl methyl sites for hydroxylation is 4. The van der Waals surface area contributed by atoms with E-state index >= 15 is 0 Å². The van der Waals surface area contributed by atoms with Gasteiger partial charge in [-0.2, -0.15) is 5.26 Å². The van der Waals surface area contributed by atoms with E-state index in [2.05, 4.69) is 43.1 Å². The molecule has 0 fully saturated rings. The van der Waals surface area contributed by atoms with E-state index in [0.29, 0.717) is 5.56 Å². The van der Waals surface area contributed by atoms with Crippen molar-refractivity contribution in [1.29, 1.82) is 5.26 Å². The van der Waals surface area contributed by atoms with Crippen LogP contribution in [0.3, 0.4) is 0 Å². The van der Waals surface area contributed by atoms with E-state index in [1.165, 1.54) is 11.1 Å². The van der Waals surface area contributed by atoms with Crippen LogP contribution in [0.2, 0.25) is 0 Å². The minimum absolute atomic E-state index is 0.676. The van der Waals surface area contributed by atoms with E-state index in [9.17, 15) is 5.26 Å². The zero-order valence-corrected chi connectivity index (χ0v) is 12.4. The summed E-state index contributed by atoms with van der Waals surface area (Å²) in [4.78, 5) is 5.66. The highest BCUT2D eigenvalue weighted by Crippen LogP contribution is 2.32. The fourth-order valence-corrected chi connectivity index (χ4v) is 3.09. The summed E-state index contributed by atoms with van der Waals surface area (Å²) in [6.07, 6.45) is 0. The van der Waals surface area contributed by atoms with Gasteiger partial charge in [0.1, 0.15) is 11.1 Å². The number of nitriles is 1. The van der Waals surface area contributed by atoms with E-state index in [1.54, 1.807) is 11.8 Å². The minimum atomic E-state index is 0.676. The number of hydrogen-bond donors (Lipinski definition) is 0. The molecule has 1 aromatic heterocycles. The van der Waals surface area contributed by atoms with E-state index in [1.807, 2.05) is 19.9 Å². The molecule has 0 amide bonds. The van der Waals surface area contributed by atoms with Crippen LogP contribution < -0.4 is 0 Å². The van der Waals surface area contributed by atoms with Gasteiger partial charge in [-0.1, -0.05) is 29.5 Å². The number of aromatic nitrogens is 1. The maximum absolute atomic E-state index is 9.28. The van der Waals surface area contributed by atoms with Crippen LogP contribution in [-0.2, 0) is 0 Å². The summed E-state index contributed by atoms with van der Waals surface area (Å²) < 4.78 is 0. The molecule has 2 aromatic rings. The average Bonchev–Trinajstić information content (AvgIpc) is 2.32. The summed E-state index contributed by atoms with van der Waals surface area (Å²) in [7, 11) is 0. The molecule has 0 N–H and O–H groups in total. The highest BCUT2D eigenvalue weighted by molar-refractivity contribution is 7.99. The van der Waals surface area contributed by atoms with Crippen molar-refractivity contribution in [3.63, 3.8) is 0 Å². The van der Waals surface area contributed by atoms with Gasteiger partial charge in [0, 0.05) is 10.6 Å². The van der Waals surface area contributed by atoms with Gasteiger partial charge in [0.2, 0.25) is 0 Å². The van der Waals surface area contributed by atoms with Crippen molar-refractivity contribution in [3.8, 4) is 6.07 Å². The van der Waals surface area contributed by atoms with Gasteiger partial charge in [-0.05, 0) is 51.0 Å². The molecule has 0 radical (unpaired) electrons. The van der Waals surface area contributed by atoms with Crippen LogP contribution in [-0.4, -0.2) is 4.98 Å². The van der Waals surface area contributed by atoms with Crippen molar-refractivity contribution >= 4 is 11.8 Å². The number of benzene rings is 1. The van der Waals surface area contributed by atoms with Gasteiger partial charge in [-0.3, -0.25) is 0 Å². The van der Waals surface area contributed by atoms with Crippen LogP contribution in [0.15, 0.2) is 34.2 Å². The molecule has 1 aromatic carbocycles. The van der Waals surface area contributed by atoms with Crippen LogP contribution in [0.25, 0.3) is 0 Å². The van der Waals surface area contributed by atoms with E-state index in [-0.39, 0.29) is 0 Å². The monoisotopic (exact) mass is 268 g/mol. The average molecular weight is 268 g/mol. The highest BCUT2D eigenvalue weighted by atomic mass is 32.2. The molecule has 0 spiro atoms. The van der Waals surface area contributed by atoms with Crippen molar-refractivity contribution in [2.45, 2.75) is 37.6 Å². The molecular weight excluding hydrogens is 252 g/mol. The number of rotatable bonds is 2. The highest BCUT2D eigenvalue weighted by Gasteiger charge is 2.11. The summed E-state index contributed by atoms with van der Waals surface area (Å²) in [5.41, 5.74) is 5.08. The van der Waals surface area contributed by atoms with Crippen molar-refractivity contribution in [3.05, 3.63) is 52.2 Å². The number of pyridine rings is 1. The molecule has 0 atom stereocenters. The maximum atomic E-state index is 9.28. The van der Waals surface area contributed by atoms with Crippen LogP contribution in [0.5, 0.6) is 0 Å². The van der Waals surface area contributed by atoms with Gasteiger partial charge in [0.05, 0.1) is 5.56 Å². The Kier molecular flexibility index (Phi) is 3.92. The van der Waals surface area contributed by atoms with E-state index in [0.717, 1.165) is 21.2 Å². The van der Waals surface area contributed by atoms with Crippen LogP contribution in [0.4, 0.5) is 0 Å². The predicted octanol–water partition coefficient (Wildman–Crippen LogP) is 4.34. The maximum Gasteiger partial charge on any atom is 0.119 e. The first-order valence-electron chi connectivity index (χ1n) is 6.14. The molecule has 3 heteroatoms. The first-order valence-corrected chi connectivity index (χ1v) is 6.96. The largest absolute Gasteiger partial charge is 0.245 e. The van der Waals surface area contributed by atoms with Gasteiger partial charge < -0.3 is 0 Å². The Bertz CT molecular complexity index is 669. The first-order chi connectivity index (χ1) is 9.01. The van der Waals surface area contributed by atoms with E-state index in [4.69, 9.17) is 0 Å². The van der Waals surface area contributed by atoms with Crippen molar-refractivity contribution < 1.29 is 0 Å². The SMILES string of the molecule is Cc1ccc(Sc2nc(C)cc(C)c2C#N)c(C)c1. The van der Waals surface area contributed by atoms with Crippen LogP contribution in [0, 0.1) is 39.0 Å². The molecule has 0 unspecified atom stereocenters. The lowest BCUT2D eigenvalue weighted by molar-refractivity contribution is 1.03. The fraction of sp³-hybridized carbons (Fsp3) is 0.250. The smallest absolute Gasteiger partial charge is 0.119 e.